The lowest BCUT2D eigenvalue weighted by Crippen LogP contribution is -2.49. The Bertz CT molecular complexity index is 759. The minimum Gasteiger partial charge on any atom is -0.366 e. The first-order chi connectivity index (χ1) is 12.0. The van der Waals surface area contributed by atoms with Crippen molar-refractivity contribution in [2.45, 2.75) is 11.3 Å². The van der Waals surface area contributed by atoms with Gasteiger partial charge >= 0.3 is 0 Å². The number of hydrogen-bond donors (Lipinski definition) is 0. The number of halogens is 1. The highest BCUT2D eigenvalue weighted by Gasteiger charge is 2.23. The van der Waals surface area contributed by atoms with Crippen molar-refractivity contribution in [2.75, 3.05) is 36.8 Å². The summed E-state index contributed by atoms with van der Waals surface area (Å²) in [6.45, 7) is 3.69. The van der Waals surface area contributed by atoms with Gasteiger partial charge in [0, 0.05) is 43.3 Å². The van der Waals surface area contributed by atoms with Crippen LogP contribution >= 0.6 is 23.1 Å². The number of carbonyl (C=O) groups is 2. The van der Waals surface area contributed by atoms with Crippen molar-refractivity contribution < 1.29 is 14.0 Å². The molecule has 1 saturated heterocycles. The largest absolute Gasteiger partial charge is 0.366 e. The lowest BCUT2D eigenvalue weighted by molar-refractivity contribution is -0.128. The molecule has 8 heteroatoms. The Morgan fingerprint density at radius 1 is 1.28 bits per heavy atom. The number of piperazine rings is 1. The molecule has 1 aromatic heterocycles. The highest BCUT2D eigenvalue weighted by Crippen LogP contribution is 2.24. The fraction of sp³-hybridized carbons (Fsp3) is 0.353. The first-order valence-electron chi connectivity index (χ1n) is 7.90. The summed E-state index contributed by atoms with van der Waals surface area (Å²) >= 11 is 2.96. The molecular formula is C17H18FN3O2S2. The number of nitrogens with zero attached hydrogens (tertiary/aromatic N) is 3. The van der Waals surface area contributed by atoms with E-state index >= 15 is 0 Å². The SMILES string of the molecule is CC(=O)c1ccc(N2CCN(C(=O)CSc3nccs3)CC2)c(F)c1. The zero-order valence-electron chi connectivity index (χ0n) is 13.8. The van der Waals surface area contributed by atoms with E-state index in [0.717, 1.165) is 4.34 Å². The average Bonchev–Trinajstić information content (AvgIpc) is 3.13. The number of anilines is 1. The number of ketones is 1. The number of thioether (sulfide) groups is 1. The first-order valence-corrected chi connectivity index (χ1v) is 9.76. The van der Waals surface area contributed by atoms with E-state index in [4.69, 9.17) is 0 Å². The molecule has 1 fully saturated rings. The number of hydrogen-bond acceptors (Lipinski definition) is 6. The molecule has 0 saturated carbocycles. The second-order valence-electron chi connectivity index (χ2n) is 5.68. The molecule has 1 aliphatic heterocycles. The third kappa shape index (κ3) is 4.38. The van der Waals surface area contributed by atoms with Crippen LogP contribution in [0.2, 0.25) is 0 Å². The maximum Gasteiger partial charge on any atom is 0.233 e. The van der Waals surface area contributed by atoms with Crippen LogP contribution in [0.1, 0.15) is 17.3 Å². The smallest absolute Gasteiger partial charge is 0.233 e. The lowest BCUT2D eigenvalue weighted by Gasteiger charge is -2.36. The van der Waals surface area contributed by atoms with Gasteiger partial charge in [-0.3, -0.25) is 9.59 Å². The van der Waals surface area contributed by atoms with E-state index in [2.05, 4.69) is 4.98 Å². The molecule has 5 nitrogen and oxygen atoms in total. The second kappa shape index (κ2) is 7.97. The molecule has 0 N–H and O–H groups in total. The third-order valence-corrected chi connectivity index (χ3v) is 6.01. The molecule has 3 rings (SSSR count). The van der Waals surface area contributed by atoms with Gasteiger partial charge in [-0.2, -0.15) is 0 Å². The predicted octanol–water partition coefficient (Wildman–Crippen LogP) is 2.93. The summed E-state index contributed by atoms with van der Waals surface area (Å²) in [7, 11) is 0. The molecule has 25 heavy (non-hydrogen) atoms. The number of benzene rings is 1. The average molecular weight is 379 g/mol. The summed E-state index contributed by atoms with van der Waals surface area (Å²) in [5.41, 5.74) is 0.850. The van der Waals surface area contributed by atoms with Gasteiger partial charge in [0.15, 0.2) is 5.78 Å². The molecule has 2 aromatic rings. The van der Waals surface area contributed by atoms with Crippen LogP contribution in [0.4, 0.5) is 10.1 Å². The van der Waals surface area contributed by atoms with Crippen LogP contribution in [0.15, 0.2) is 34.1 Å². The molecular weight excluding hydrogens is 361 g/mol. The van der Waals surface area contributed by atoms with E-state index in [0.29, 0.717) is 43.2 Å². The summed E-state index contributed by atoms with van der Waals surface area (Å²) < 4.78 is 15.1. The van der Waals surface area contributed by atoms with Crippen molar-refractivity contribution in [3.8, 4) is 0 Å². The molecule has 0 unspecified atom stereocenters. The Labute approximate surface area is 153 Å². The van der Waals surface area contributed by atoms with Crippen molar-refractivity contribution in [2.24, 2.45) is 0 Å². The molecule has 0 atom stereocenters. The summed E-state index contributed by atoms with van der Waals surface area (Å²) in [5.74, 6) is -0.104. The van der Waals surface area contributed by atoms with Crippen molar-refractivity contribution in [3.63, 3.8) is 0 Å². The number of Topliss-reactive ketones (excluding diaryl/α,β-unsaturated/α-hetero) is 1. The van der Waals surface area contributed by atoms with Crippen LogP contribution in [0.25, 0.3) is 0 Å². The zero-order valence-corrected chi connectivity index (χ0v) is 15.4. The van der Waals surface area contributed by atoms with Crippen LogP contribution < -0.4 is 4.90 Å². The minimum atomic E-state index is -0.396. The van der Waals surface area contributed by atoms with E-state index in [1.165, 1.54) is 36.1 Å². The molecule has 1 amide bonds. The van der Waals surface area contributed by atoms with E-state index in [1.54, 1.807) is 23.2 Å². The Morgan fingerprint density at radius 3 is 2.64 bits per heavy atom. The molecule has 1 aromatic carbocycles. The second-order valence-corrected chi connectivity index (χ2v) is 7.79. The standard InChI is InChI=1S/C17H18FN3O2S2/c1-12(22)13-2-3-15(14(18)10-13)20-5-7-21(8-6-20)16(23)11-25-17-19-4-9-24-17/h2-4,9-10H,5-8,11H2,1H3. The number of rotatable bonds is 5. The fourth-order valence-corrected chi connectivity index (χ4v) is 4.22. The highest BCUT2D eigenvalue weighted by atomic mass is 32.2. The van der Waals surface area contributed by atoms with E-state index in [1.807, 2.05) is 10.3 Å². The highest BCUT2D eigenvalue weighted by molar-refractivity contribution is 8.01. The fourth-order valence-electron chi connectivity index (χ4n) is 2.68. The van der Waals surface area contributed by atoms with Gasteiger partial charge in [0.1, 0.15) is 10.2 Å². The predicted molar refractivity (Wildman–Crippen MR) is 98.0 cm³/mol. The number of thiazole rings is 1. The Kier molecular flexibility index (Phi) is 5.70. The van der Waals surface area contributed by atoms with Crippen molar-refractivity contribution in [1.29, 1.82) is 0 Å². The molecule has 0 radical (unpaired) electrons. The van der Waals surface area contributed by atoms with Crippen molar-refractivity contribution >= 4 is 40.5 Å². The maximum absolute atomic E-state index is 14.2. The molecule has 0 spiro atoms. The third-order valence-electron chi connectivity index (χ3n) is 4.06. The molecule has 132 valence electrons. The van der Waals surface area contributed by atoms with Gasteiger partial charge in [0.2, 0.25) is 5.91 Å². The van der Waals surface area contributed by atoms with Crippen LogP contribution in [0, 0.1) is 5.82 Å². The van der Waals surface area contributed by atoms with Crippen LogP contribution in [0.5, 0.6) is 0 Å². The topological polar surface area (TPSA) is 53.5 Å². The van der Waals surface area contributed by atoms with E-state index in [9.17, 15) is 14.0 Å². The van der Waals surface area contributed by atoms with Crippen LogP contribution in [-0.4, -0.2) is 53.5 Å². The van der Waals surface area contributed by atoms with Crippen molar-refractivity contribution in [1.82, 2.24) is 9.88 Å². The summed E-state index contributed by atoms with van der Waals surface area (Å²) in [6.07, 6.45) is 1.72. The van der Waals surface area contributed by atoms with Gasteiger partial charge in [-0.25, -0.2) is 9.37 Å². The number of amides is 1. The van der Waals surface area contributed by atoms with Gasteiger partial charge in [0.05, 0.1) is 11.4 Å². The Balaban J connectivity index is 1.54. The first kappa shape index (κ1) is 17.9. The normalized spacial score (nSPS) is 14.6. The van der Waals surface area contributed by atoms with Gasteiger partial charge in [-0.1, -0.05) is 11.8 Å². The molecule has 0 aliphatic carbocycles. The van der Waals surface area contributed by atoms with Gasteiger partial charge in [0.25, 0.3) is 0 Å². The minimum absolute atomic E-state index is 0.0762. The number of aromatic nitrogens is 1. The molecule has 1 aliphatic rings. The van der Waals surface area contributed by atoms with E-state index < -0.39 is 5.82 Å². The molecule has 0 bridgehead atoms. The Morgan fingerprint density at radius 2 is 2.04 bits per heavy atom. The maximum atomic E-state index is 14.2. The van der Waals surface area contributed by atoms with Crippen LogP contribution in [-0.2, 0) is 4.79 Å². The van der Waals surface area contributed by atoms with Gasteiger partial charge < -0.3 is 9.80 Å². The summed E-state index contributed by atoms with van der Waals surface area (Å²) in [4.78, 5) is 31.5. The van der Waals surface area contributed by atoms with Gasteiger partial charge in [-0.15, -0.1) is 11.3 Å². The van der Waals surface area contributed by atoms with Crippen LogP contribution in [0.3, 0.4) is 0 Å². The molecule has 2 heterocycles. The zero-order chi connectivity index (χ0) is 17.8. The summed E-state index contributed by atoms with van der Waals surface area (Å²) in [6, 6.07) is 4.56. The quantitative estimate of drug-likeness (QED) is 0.591. The van der Waals surface area contributed by atoms with E-state index in [-0.39, 0.29) is 11.7 Å². The van der Waals surface area contributed by atoms with Crippen molar-refractivity contribution in [3.05, 3.63) is 41.2 Å². The Hall–Kier alpha value is -1.93. The summed E-state index contributed by atoms with van der Waals surface area (Å²) in [5, 5.41) is 1.89. The lowest BCUT2D eigenvalue weighted by atomic mass is 10.1. The number of carbonyl (C=O) groups excluding carboxylic acids is 2. The van der Waals surface area contributed by atoms with Gasteiger partial charge in [-0.05, 0) is 25.1 Å². The monoisotopic (exact) mass is 379 g/mol.